The first kappa shape index (κ1) is 21.8. The lowest BCUT2D eigenvalue weighted by Gasteiger charge is -2.11. The predicted molar refractivity (Wildman–Crippen MR) is 96.2 cm³/mol. The van der Waals surface area contributed by atoms with Crippen molar-refractivity contribution < 1.29 is 19.4 Å². The van der Waals surface area contributed by atoms with E-state index >= 15 is 0 Å². The van der Waals surface area contributed by atoms with Crippen molar-refractivity contribution in [3.63, 3.8) is 0 Å². The zero-order chi connectivity index (χ0) is 16.8. The van der Waals surface area contributed by atoms with Crippen molar-refractivity contribution >= 4 is 37.8 Å². The van der Waals surface area contributed by atoms with E-state index in [1.54, 1.807) is 13.2 Å². The molecule has 0 aromatic rings. The van der Waals surface area contributed by atoms with E-state index in [0.29, 0.717) is 12.8 Å². The van der Waals surface area contributed by atoms with Gasteiger partial charge in [-0.05, 0) is 57.5 Å². The van der Waals surface area contributed by atoms with Gasteiger partial charge in [0.25, 0.3) is 0 Å². The van der Waals surface area contributed by atoms with E-state index in [-0.39, 0.29) is 12.1 Å². The fourth-order valence-corrected chi connectivity index (χ4v) is 2.35. The number of hydrogen-bond donors (Lipinski definition) is 1. The lowest BCUT2D eigenvalue weighted by Crippen LogP contribution is -2.12. The number of carbonyl (C=O) groups excluding carboxylic acids is 1. The van der Waals surface area contributed by atoms with Gasteiger partial charge in [0.2, 0.25) is 0 Å². The minimum Gasteiger partial charge on any atom is -0.469 e. The highest BCUT2D eigenvalue weighted by Gasteiger charge is 2.08. The molecule has 4 nitrogen and oxygen atoms in total. The molecule has 1 N–H and O–H groups in total. The van der Waals surface area contributed by atoms with Gasteiger partial charge in [0, 0.05) is 13.5 Å². The molecule has 0 amide bonds. The maximum atomic E-state index is 11.1. The van der Waals surface area contributed by atoms with Crippen LogP contribution in [0.2, 0.25) is 0 Å². The molecule has 128 valence electrons. The van der Waals surface area contributed by atoms with E-state index in [1.165, 1.54) is 7.11 Å². The Balaban J connectivity index is 3.84. The van der Waals surface area contributed by atoms with Gasteiger partial charge in [-0.15, -0.1) is 0 Å². The lowest BCUT2D eigenvalue weighted by molar-refractivity contribution is -0.141. The molecule has 0 aliphatic rings. The summed E-state index contributed by atoms with van der Waals surface area (Å²) in [5.41, 5.74) is 0. The molecule has 0 spiro atoms. The first-order valence-corrected chi connectivity index (χ1v) is 9.05. The van der Waals surface area contributed by atoms with Gasteiger partial charge >= 0.3 is 5.97 Å². The molecule has 0 heterocycles. The number of carbonyl (C=O) groups is 1. The summed E-state index contributed by atoms with van der Waals surface area (Å²) in [7, 11) is 2.96. The number of methoxy groups -OCH3 is 2. The largest absolute Gasteiger partial charge is 0.469 e. The molecule has 0 bridgehead atoms. The Bertz CT molecular complexity index is 352. The Kier molecular flexibility index (Phi) is 14.3. The van der Waals surface area contributed by atoms with Crippen molar-refractivity contribution in [1.29, 1.82) is 0 Å². The molecule has 0 aliphatic heterocycles. The van der Waals surface area contributed by atoms with Crippen LogP contribution in [0.4, 0.5) is 0 Å². The Morgan fingerprint density at radius 3 is 2.45 bits per heavy atom. The van der Waals surface area contributed by atoms with Crippen LogP contribution in [-0.4, -0.2) is 37.5 Å². The predicted octanol–water partition coefficient (Wildman–Crippen LogP) is 4.45. The first-order chi connectivity index (χ1) is 10.5. The Labute approximate surface area is 150 Å². The van der Waals surface area contributed by atoms with E-state index in [4.69, 9.17) is 4.74 Å². The van der Waals surface area contributed by atoms with Gasteiger partial charge in [-0.3, -0.25) is 4.79 Å². The van der Waals surface area contributed by atoms with Crippen LogP contribution >= 0.6 is 31.9 Å². The summed E-state index contributed by atoms with van der Waals surface area (Å²) in [5, 5.41) is 9.90. The SMILES string of the molecule is COC(=O)CCC(/C=C/[C@H](O)CCCCCC=C(Br)Br)OC. The standard InChI is InChI=1S/C16H26Br2O4/c1-21-14(11-12-16(20)22-2)10-9-13(19)7-5-3-4-6-8-15(17)18/h8-10,13-14,19H,3-7,11-12H2,1-2H3/b10-9+/t13-,14?/m1/s1. The maximum Gasteiger partial charge on any atom is 0.305 e. The van der Waals surface area contributed by atoms with Crippen LogP contribution in [-0.2, 0) is 14.3 Å². The van der Waals surface area contributed by atoms with Crippen molar-refractivity contribution in [2.24, 2.45) is 0 Å². The average Bonchev–Trinajstić information content (AvgIpc) is 2.50. The molecule has 2 atom stereocenters. The molecule has 6 heteroatoms. The molecule has 0 rings (SSSR count). The molecule has 1 unspecified atom stereocenters. The number of unbranched alkanes of at least 4 members (excludes halogenated alkanes) is 3. The van der Waals surface area contributed by atoms with Crippen LogP contribution in [0.1, 0.15) is 44.9 Å². The Morgan fingerprint density at radius 1 is 1.14 bits per heavy atom. The number of aliphatic hydroxyl groups is 1. The molecular formula is C16H26Br2O4. The molecule has 0 radical (unpaired) electrons. The first-order valence-electron chi connectivity index (χ1n) is 7.46. The lowest BCUT2D eigenvalue weighted by atomic mass is 10.1. The highest BCUT2D eigenvalue weighted by Crippen LogP contribution is 2.16. The summed E-state index contributed by atoms with van der Waals surface area (Å²) in [6, 6.07) is 0. The third-order valence-corrected chi connectivity index (χ3v) is 3.86. The van der Waals surface area contributed by atoms with Crippen LogP contribution in [0, 0.1) is 0 Å². The zero-order valence-electron chi connectivity index (χ0n) is 13.3. The smallest absolute Gasteiger partial charge is 0.305 e. The van der Waals surface area contributed by atoms with Crippen molar-refractivity contribution in [3.8, 4) is 0 Å². The second kappa shape index (κ2) is 14.4. The second-order valence-corrected chi connectivity index (χ2v) is 7.75. The third kappa shape index (κ3) is 13.5. The van der Waals surface area contributed by atoms with Crippen LogP contribution < -0.4 is 0 Å². The van der Waals surface area contributed by atoms with E-state index in [1.807, 2.05) is 6.08 Å². The van der Waals surface area contributed by atoms with Gasteiger partial charge in [0.15, 0.2) is 0 Å². The normalized spacial score (nSPS) is 13.9. The molecule has 0 saturated heterocycles. The highest BCUT2D eigenvalue weighted by atomic mass is 79.9. The summed E-state index contributed by atoms with van der Waals surface area (Å²) in [6.07, 6.45) is 10.8. The molecule has 22 heavy (non-hydrogen) atoms. The van der Waals surface area contributed by atoms with Crippen molar-refractivity contribution in [2.45, 2.75) is 57.2 Å². The number of halogens is 2. The number of esters is 1. The summed E-state index contributed by atoms with van der Waals surface area (Å²) in [5.74, 6) is -0.250. The summed E-state index contributed by atoms with van der Waals surface area (Å²) in [4.78, 5) is 11.1. The summed E-state index contributed by atoms with van der Waals surface area (Å²) >= 11 is 6.64. The van der Waals surface area contributed by atoms with Gasteiger partial charge in [0.1, 0.15) is 0 Å². The van der Waals surface area contributed by atoms with Crippen molar-refractivity contribution in [3.05, 3.63) is 21.6 Å². The van der Waals surface area contributed by atoms with E-state index in [0.717, 1.165) is 35.5 Å². The average molecular weight is 442 g/mol. The molecule has 0 aromatic heterocycles. The second-order valence-electron chi connectivity index (χ2n) is 4.97. The topological polar surface area (TPSA) is 55.8 Å². The summed E-state index contributed by atoms with van der Waals surface area (Å²) < 4.78 is 10.8. The minimum absolute atomic E-state index is 0.171. The van der Waals surface area contributed by atoms with Crippen molar-refractivity contribution in [2.75, 3.05) is 14.2 Å². The van der Waals surface area contributed by atoms with Gasteiger partial charge in [-0.25, -0.2) is 0 Å². The Hall–Kier alpha value is -0.170. The van der Waals surface area contributed by atoms with Crippen LogP contribution in [0.25, 0.3) is 0 Å². The van der Waals surface area contributed by atoms with Crippen LogP contribution in [0.3, 0.4) is 0 Å². The number of rotatable bonds is 12. The van der Waals surface area contributed by atoms with Gasteiger partial charge in [-0.2, -0.15) is 0 Å². The molecule has 0 fully saturated rings. The Morgan fingerprint density at radius 2 is 1.86 bits per heavy atom. The zero-order valence-corrected chi connectivity index (χ0v) is 16.4. The monoisotopic (exact) mass is 440 g/mol. The van der Waals surface area contributed by atoms with Crippen molar-refractivity contribution in [1.82, 2.24) is 0 Å². The van der Waals surface area contributed by atoms with E-state index < -0.39 is 6.10 Å². The minimum atomic E-state index is -0.464. The number of allylic oxidation sites excluding steroid dienone is 1. The quantitative estimate of drug-likeness (QED) is 0.276. The molecule has 0 saturated carbocycles. The molecule has 0 aliphatic carbocycles. The highest BCUT2D eigenvalue weighted by molar-refractivity contribution is 9.28. The van der Waals surface area contributed by atoms with Crippen LogP contribution in [0.5, 0.6) is 0 Å². The number of hydrogen-bond acceptors (Lipinski definition) is 4. The fraction of sp³-hybridized carbons (Fsp3) is 0.688. The third-order valence-electron chi connectivity index (χ3n) is 3.21. The summed E-state index contributed by atoms with van der Waals surface area (Å²) in [6.45, 7) is 0. The number of aliphatic hydroxyl groups excluding tert-OH is 1. The van der Waals surface area contributed by atoms with E-state index in [2.05, 4.69) is 42.7 Å². The van der Waals surface area contributed by atoms with Gasteiger partial charge in [0.05, 0.1) is 22.7 Å². The van der Waals surface area contributed by atoms with Gasteiger partial charge in [-0.1, -0.05) is 31.1 Å². The number of ether oxygens (including phenoxy) is 2. The molecule has 0 aromatic carbocycles. The molecular weight excluding hydrogens is 416 g/mol. The van der Waals surface area contributed by atoms with E-state index in [9.17, 15) is 9.90 Å². The maximum absolute atomic E-state index is 11.1. The van der Waals surface area contributed by atoms with Gasteiger partial charge < -0.3 is 14.6 Å². The van der Waals surface area contributed by atoms with Crippen LogP contribution in [0.15, 0.2) is 21.6 Å². The fourth-order valence-electron chi connectivity index (χ4n) is 1.89.